The standard InChI is InChI=1S/C23H20O6/c1-23(2)20(28-22(26)9-7-14-5-3-4-6-17(14)24)12-16-11-15-8-10-21(25)27-18(15)13-19(16)29-23/h3-11,13,20,24H,12H2,1-2H3/b9-7+/t20-/m0/s1. The molecule has 0 bridgehead atoms. The van der Waals surface area contributed by atoms with Gasteiger partial charge >= 0.3 is 11.6 Å². The summed E-state index contributed by atoms with van der Waals surface area (Å²) in [6.07, 6.45) is 2.76. The van der Waals surface area contributed by atoms with Gasteiger partial charge in [-0.05, 0) is 43.7 Å². The molecule has 1 aromatic heterocycles. The Morgan fingerprint density at radius 1 is 1.21 bits per heavy atom. The molecule has 0 amide bonds. The molecular weight excluding hydrogens is 372 g/mol. The molecule has 2 aromatic carbocycles. The molecule has 0 saturated heterocycles. The van der Waals surface area contributed by atoms with E-state index in [-0.39, 0.29) is 5.75 Å². The molecule has 0 radical (unpaired) electrons. The maximum absolute atomic E-state index is 12.3. The Labute approximate surface area is 167 Å². The first-order chi connectivity index (χ1) is 13.8. The lowest BCUT2D eigenvalue weighted by Gasteiger charge is -2.39. The number of aromatic hydroxyl groups is 1. The van der Waals surface area contributed by atoms with Gasteiger partial charge in [0.05, 0.1) is 0 Å². The summed E-state index contributed by atoms with van der Waals surface area (Å²) in [6.45, 7) is 3.68. The predicted molar refractivity (Wildman–Crippen MR) is 108 cm³/mol. The summed E-state index contributed by atoms with van der Waals surface area (Å²) >= 11 is 0. The largest absolute Gasteiger partial charge is 0.507 e. The first kappa shape index (κ1) is 18.8. The van der Waals surface area contributed by atoms with E-state index in [1.165, 1.54) is 18.2 Å². The molecule has 1 N–H and O–H groups in total. The second-order valence-electron chi connectivity index (χ2n) is 7.48. The highest BCUT2D eigenvalue weighted by Gasteiger charge is 2.39. The Morgan fingerprint density at radius 2 is 2.00 bits per heavy atom. The van der Waals surface area contributed by atoms with E-state index in [0.717, 1.165) is 10.9 Å². The molecule has 0 spiro atoms. The minimum Gasteiger partial charge on any atom is -0.507 e. The third-order valence-electron chi connectivity index (χ3n) is 4.95. The summed E-state index contributed by atoms with van der Waals surface area (Å²) in [5, 5.41) is 10.6. The molecule has 2 heterocycles. The summed E-state index contributed by atoms with van der Waals surface area (Å²) in [5.41, 5.74) is 0.660. The van der Waals surface area contributed by atoms with Crippen LogP contribution in [0.3, 0.4) is 0 Å². The van der Waals surface area contributed by atoms with Gasteiger partial charge in [0.1, 0.15) is 28.8 Å². The SMILES string of the molecule is CC1(C)Oc2cc3oc(=O)ccc3cc2C[C@@H]1OC(=O)/C=C/c1ccccc1O. The summed E-state index contributed by atoms with van der Waals surface area (Å²) < 4.78 is 16.9. The van der Waals surface area contributed by atoms with Crippen molar-refractivity contribution in [2.24, 2.45) is 0 Å². The highest BCUT2D eigenvalue weighted by molar-refractivity contribution is 5.88. The zero-order chi connectivity index (χ0) is 20.6. The van der Waals surface area contributed by atoms with Crippen LogP contribution in [0.2, 0.25) is 0 Å². The average molecular weight is 392 g/mol. The molecular formula is C23H20O6. The Bertz CT molecular complexity index is 1170. The molecule has 3 aromatic rings. The minimum absolute atomic E-state index is 0.0883. The molecule has 29 heavy (non-hydrogen) atoms. The monoisotopic (exact) mass is 392 g/mol. The van der Waals surface area contributed by atoms with Crippen molar-refractivity contribution in [3.05, 3.63) is 76.2 Å². The van der Waals surface area contributed by atoms with Crippen molar-refractivity contribution in [2.45, 2.75) is 32.0 Å². The summed E-state index contributed by atoms with van der Waals surface area (Å²) in [7, 11) is 0. The summed E-state index contributed by atoms with van der Waals surface area (Å²) in [5.74, 6) is 0.171. The second kappa shape index (κ2) is 7.13. The third-order valence-corrected chi connectivity index (χ3v) is 4.95. The maximum atomic E-state index is 12.3. The maximum Gasteiger partial charge on any atom is 0.336 e. The lowest BCUT2D eigenvalue weighted by atomic mass is 9.90. The number of fused-ring (bicyclic) bond motifs is 2. The Hall–Kier alpha value is -3.54. The van der Waals surface area contributed by atoms with E-state index in [0.29, 0.717) is 23.3 Å². The molecule has 1 atom stereocenters. The second-order valence-corrected chi connectivity index (χ2v) is 7.48. The lowest BCUT2D eigenvalue weighted by molar-refractivity contribution is -0.155. The van der Waals surface area contributed by atoms with Crippen molar-refractivity contribution in [2.75, 3.05) is 0 Å². The normalized spacial score (nSPS) is 17.7. The predicted octanol–water partition coefficient (Wildman–Crippen LogP) is 3.84. The van der Waals surface area contributed by atoms with Gasteiger partial charge in [0.2, 0.25) is 0 Å². The van der Waals surface area contributed by atoms with Gasteiger partial charge in [-0.2, -0.15) is 0 Å². The minimum atomic E-state index is -0.770. The molecule has 4 rings (SSSR count). The number of hydrogen-bond acceptors (Lipinski definition) is 6. The molecule has 148 valence electrons. The highest BCUT2D eigenvalue weighted by Crippen LogP contribution is 2.37. The van der Waals surface area contributed by atoms with Gasteiger partial charge in [-0.25, -0.2) is 9.59 Å². The van der Waals surface area contributed by atoms with E-state index in [1.54, 1.807) is 36.4 Å². The third kappa shape index (κ3) is 3.87. The number of esters is 1. The van der Waals surface area contributed by atoms with Crippen molar-refractivity contribution < 1.29 is 23.8 Å². The highest BCUT2D eigenvalue weighted by atomic mass is 16.6. The number of carbonyl (C=O) groups is 1. The Kier molecular flexibility index (Phi) is 4.62. The zero-order valence-corrected chi connectivity index (χ0v) is 16.0. The van der Waals surface area contributed by atoms with E-state index < -0.39 is 23.3 Å². The van der Waals surface area contributed by atoms with Gasteiger partial charge in [0.15, 0.2) is 0 Å². The van der Waals surface area contributed by atoms with Crippen molar-refractivity contribution in [1.82, 2.24) is 0 Å². The van der Waals surface area contributed by atoms with Crippen LogP contribution >= 0.6 is 0 Å². The van der Waals surface area contributed by atoms with Gasteiger partial charge in [-0.15, -0.1) is 0 Å². The van der Waals surface area contributed by atoms with Crippen molar-refractivity contribution in [1.29, 1.82) is 0 Å². The van der Waals surface area contributed by atoms with E-state index in [1.807, 2.05) is 19.9 Å². The fourth-order valence-electron chi connectivity index (χ4n) is 3.34. The number of carbonyl (C=O) groups excluding carboxylic acids is 1. The number of phenolic OH excluding ortho intramolecular Hbond substituents is 1. The van der Waals surface area contributed by atoms with Crippen LogP contribution in [-0.4, -0.2) is 22.8 Å². The molecule has 6 nitrogen and oxygen atoms in total. The van der Waals surface area contributed by atoms with Gasteiger partial charge < -0.3 is 19.0 Å². The van der Waals surface area contributed by atoms with Crippen LogP contribution in [0.5, 0.6) is 11.5 Å². The van der Waals surface area contributed by atoms with E-state index in [4.69, 9.17) is 13.9 Å². The molecule has 0 unspecified atom stereocenters. The van der Waals surface area contributed by atoms with E-state index >= 15 is 0 Å². The molecule has 1 aliphatic heterocycles. The van der Waals surface area contributed by atoms with Crippen molar-refractivity contribution in [3.63, 3.8) is 0 Å². The van der Waals surface area contributed by atoms with Crippen LogP contribution in [0.25, 0.3) is 17.0 Å². The van der Waals surface area contributed by atoms with Crippen molar-refractivity contribution in [3.8, 4) is 11.5 Å². The molecule has 1 aliphatic rings. The van der Waals surface area contributed by atoms with Crippen LogP contribution in [0.15, 0.2) is 63.8 Å². The quantitative estimate of drug-likeness (QED) is 0.414. The fourth-order valence-corrected chi connectivity index (χ4v) is 3.34. The van der Waals surface area contributed by atoms with Gasteiger partial charge in [-0.3, -0.25) is 0 Å². The Balaban J connectivity index is 1.56. The summed E-state index contributed by atoms with van der Waals surface area (Å²) in [4.78, 5) is 23.8. The topological polar surface area (TPSA) is 86.0 Å². The Morgan fingerprint density at radius 3 is 2.79 bits per heavy atom. The number of benzene rings is 2. The molecule has 0 aliphatic carbocycles. The van der Waals surface area contributed by atoms with Gasteiger partial charge in [-0.1, -0.05) is 18.2 Å². The van der Waals surface area contributed by atoms with Crippen LogP contribution in [0.1, 0.15) is 25.0 Å². The van der Waals surface area contributed by atoms with Gasteiger partial charge in [0, 0.05) is 35.6 Å². The van der Waals surface area contributed by atoms with Crippen LogP contribution in [0, 0.1) is 0 Å². The average Bonchev–Trinajstić information content (AvgIpc) is 2.66. The zero-order valence-electron chi connectivity index (χ0n) is 16.0. The molecule has 6 heteroatoms. The first-order valence-electron chi connectivity index (χ1n) is 9.24. The first-order valence-corrected chi connectivity index (χ1v) is 9.24. The van der Waals surface area contributed by atoms with Crippen LogP contribution in [-0.2, 0) is 16.0 Å². The van der Waals surface area contributed by atoms with E-state index in [9.17, 15) is 14.7 Å². The number of ether oxygens (including phenoxy) is 2. The molecule has 0 fully saturated rings. The van der Waals surface area contributed by atoms with E-state index in [2.05, 4.69) is 0 Å². The smallest absolute Gasteiger partial charge is 0.336 e. The van der Waals surface area contributed by atoms with Crippen molar-refractivity contribution >= 4 is 23.0 Å². The number of rotatable bonds is 3. The number of phenols is 1. The van der Waals surface area contributed by atoms with Crippen LogP contribution in [0.4, 0.5) is 0 Å². The number of para-hydroxylation sites is 1. The molecule has 0 saturated carbocycles. The van der Waals surface area contributed by atoms with Gasteiger partial charge in [0.25, 0.3) is 0 Å². The lowest BCUT2D eigenvalue weighted by Crippen LogP contribution is -2.48. The van der Waals surface area contributed by atoms with Crippen LogP contribution < -0.4 is 10.4 Å². The summed E-state index contributed by atoms with van der Waals surface area (Å²) in [6, 6.07) is 13.4. The fraction of sp³-hybridized carbons (Fsp3) is 0.217. The number of hydrogen-bond donors (Lipinski definition) is 1.